The molecular weight excluding hydrogens is 606 g/mol. The molecule has 11 heteroatoms. The van der Waals surface area contributed by atoms with Crippen molar-refractivity contribution in [3.8, 4) is 0 Å². The quantitative estimate of drug-likeness (QED) is 0.217. The number of anilines is 2. The zero-order valence-corrected chi connectivity index (χ0v) is 25.8. The Morgan fingerprint density at radius 1 is 0.848 bits per heavy atom. The first-order valence-electron chi connectivity index (χ1n) is 15.0. The highest BCUT2D eigenvalue weighted by Gasteiger charge is 2.24. The molecule has 0 bridgehead atoms. The fourth-order valence-corrected chi connectivity index (χ4v) is 5.61. The zero-order valence-electron chi connectivity index (χ0n) is 25.1. The summed E-state index contributed by atoms with van der Waals surface area (Å²) < 4.78 is 0. The van der Waals surface area contributed by atoms with Crippen LogP contribution in [0.25, 0.3) is 0 Å². The van der Waals surface area contributed by atoms with Gasteiger partial charge in [-0.2, -0.15) is 0 Å². The predicted molar refractivity (Wildman–Crippen MR) is 176 cm³/mol. The first-order chi connectivity index (χ1) is 22.3. The topological polar surface area (TPSA) is 132 Å². The molecule has 236 valence electrons. The third-order valence-corrected chi connectivity index (χ3v) is 7.99. The van der Waals surface area contributed by atoms with Gasteiger partial charge in [-0.25, -0.2) is 0 Å². The summed E-state index contributed by atoms with van der Waals surface area (Å²) in [5, 5.41) is 15.6. The van der Waals surface area contributed by atoms with Crippen LogP contribution in [-0.4, -0.2) is 64.9 Å². The first-order valence-corrected chi connectivity index (χ1v) is 15.3. The van der Waals surface area contributed by atoms with Crippen molar-refractivity contribution >= 4 is 46.7 Å². The van der Waals surface area contributed by atoms with E-state index in [0.717, 1.165) is 5.56 Å². The normalized spacial score (nSPS) is 13.8. The monoisotopic (exact) mass is 639 g/mol. The number of carbonyl (C=O) groups excluding carboxylic acids is 3. The SMILES string of the molecule is O=C(O)CC(NC(=O)c1ccc(N2CCCN(C(=O)Cc3ccccc3)CC2)c(NC(=O)c2cccc(Cl)c2)c1)c1cccnc1. The van der Waals surface area contributed by atoms with Crippen LogP contribution in [-0.2, 0) is 16.0 Å². The lowest BCUT2D eigenvalue weighted by Gasteiger charge is -2.27. The maximum Gasteiger partial charge on any atom is 0.305 e. The number of carboxylic acid groups (broad SMARTS) is 1. The molecule has 3 amide bonds. The number of hydrogen-bond acceptors (Lipinski definition) is 6. The van der Waals surface area contributed by atoms with E-state index >= 15 is 0 Å². The standard InChI is InChI=1S/C35H34ClN5O5/c36-28-11-4-9-25(20-28)34(45)39-30-21-26(35(46)38-29(22-33(43)44)27-10-5-14-37-23-27)12-13-31(30)40-15-6-16-41(18-17-40)32(42)19-24-7-2-1-3-8-24/h1-5,7-14,20-21,23,29H,6,15-19,22H2,(H,38,46)(H,39,45)(H,43,44). The van der Waals surface area contributed by atoms with E-state index in [-0.39, 0.29) is 17.9 Å². The second kappa shape index (κ2) is 15.2. The van der Waals surface area contributed by atoms with E-state index in [9.17, 15) is 24.3 Å². The molecule has 3 N–H and O–H groups in total. The predicted octanol–water partition coefficient (Wildman–Crippen LogP) is 5.21. The van der Waals surface area contributed by atoms with E-state index in [2.05, 4.69) is 20.5 Å². The minimum Gasteiger partial charge on any atom is -0.481 e. The average molecular weight is 640 g/mol. The van der Waals surface area contributed by atoms with Gasteiger partial charge in [0.15, 0.2) is 0 Å². The fraction of sp³-hybridized carbons (Fsp3) is 0.229. The van der Waals surface area contributed by atoms with Crippen LogP contribution in [0.1, 0.15) is 50.7 Å². The number of nitrogens with zero attached hydrogens (tertiary/aromatic N) is 3. The van der Waals surface area contributed by atoms with Gasteiger partial charge in [0.25, 0.3) is 11.8 Å². The van der Waals surface area contributed by atoms with E-state index in [4.69, 9.17) is 11.6 Å². The van der Waals surface area contributed by atoms with E-state index in [1.165, 1.54) is 6.20 Å². The lowest BCUT2D eigenvalue weighted by Crippen LogP contribution is -2.36. The van der Waals surface area contributed by atoms with Crippen LogP contribution < -0.4 is 15.5 Å². The van der Waals surface area contributed by atoms with E-state index in [1.54, 1.807) is 60.8 Å². The van der Waals surface area contributed by atoms with Crippen molar-refractivity contribution < 1.29 is 24.3 Å². The average Bonchev–Trinajstić information content (AvgIpc) is 3.31. The van der Waals surface area contributed by atoms with E-state index in [1.807, 2.05) is 35.2 Å². The highest BCUT2D eigenvalue weighted by Crippen LogP contribution is 2.30. The van der Waals surface area contributed by atoms with Crippen LogP contribution in [0.4, 0.5) is 11.4 Å². The minimum absolute atomic E-state index is 0.0547. The molecule has 1 aliphatic rings. The number of aliphatic carboxylic acids is 1. The number of pyridine rings is 1. The van der Waals surface area contributed by atoms with Crippen molar-refractivity contribution in [2.45, 2.75) is 25.3 Å². The summed E-state index contributed by atoms with van der Waals surface area (Å²) in [4.78, 5) is 59.5. The smallest absolute Gasteiger partial charge is 0.305 e. The third kappa shape index (κ3) is 8.48. The summed E-state index contributed by atoms with van der Waals surface area (Å²) >= 11 is 6.14. The Bertz CT molecular complexity index is 1700. The van der Waals surface area contributed by atoms with Gasteiger partial charge in [-0.05, 0) is 60.0 Å². The molecule has 0 saturated carbocycles. The van der Waals surface area contributed by atoms with Gasteiger partial charge in [-0.1, -0.05) is 54.1 Å². The second-order valence-electron chi connectivity index (χ2n) is 11.0. The third-order valence-electron chi connectivity index (χ3n) is 7.75. The highest BCUT2D eigenvalue weighted by atomic mass is 35.5. The molecular formula is C35H34ClN5O5. The Balaban J connectivity index is 1.39. The summed E-state index contributed by atoms with van der Waals surface area (Å²) in [5.74, 6) is -1.93. The van der Waals surface area contributed by atoms with Crippen LogP contribution in [0.3, 0.4) is 0 Å². The first kappa shape index (κ1) is 32.2. The summed E-state index contributed by atoms with van der Waals surface area (Å²) in [6.45, 7) is 2.25. The molecule has 10 nitrogen and oxygen atoms in total. The Kier molecular flexibility index (Phi) is 10.6. The number of halogens is 1. The van der Waals surface area contributed by atoms with Gasteiger partial charge in [-0.3, -0.25) is 24.2 Å². The summed E-state index contributed by atoms with van der Waals surface area (Å²) in [6.07, 6.45) is 3.79. The Morgan fingerprint density at radius 2 is 1.65 bits per heavy atom. The molecule has 0 radical (unpaired) electrons. The zero-order chi connectivity index (χ0) is 32.5. The van der Waals surface area contributed by atoms with Gasteiger partial charge in [0.05, 0.1) is 30.3 Å². The van der Waals surface area contributed by atoms with Crippen molar-refractivity contribution in [3.63, 3.8) is 0 Å². The maximum absolute atomic E-state index is 13.5. The van der Waals surface area contributed by atoms with E-state index < -0.39 is 23.8 Å². The molecule has 0 aliphatic carbocycles. The number of carbonyl (C=O) groups is 4. The van der Waals surface area contributed by atoms with E-state index in [0.29, 0.717) is 66.5 Å². The largest absolute Gasteiger partial charge is 0.481 e. The van der Waals surface area contributed by atoms with Gasteiger partial charge in [0, 0.05) is 54.7 Å². The van der Waals surface area contributed by atoms with Gasteiger partial charge < -0.3 is 25.5 Å². The van der Waals surface area contributed by atoms with Gasteiger partial charge in [0.2, 0.25) is 5.91 Å². The number of benzene rings is 3. The molecule has 1 atom stereocenters. The molecule has 1 unspecified atom stereocenters. The van der Waals surface area contributed by atoms with Gasteiger partial charge in [-0.15, -0.1) is 0 Å². The van der Waals surface area contributed by atoms with Crippen LogP contribution >= 0.6 is 11.6 Å². The Hall–Kier alpha value is -5.22. The summed E-state index contributed by atoms with van der Waals surface area (Å²) in [5.41, 5.74) is 3.19. The van der Waals surface area contributed by atoms with Crippen molar-refractivity contribution in [3.05, 3.63) is 125 Å². The molecule has 46 heavy (non-hydrogen) atoms. The van der Waals surface area contributed by atoms with Crippen LogP contribution in [0.5, 0.6) is 0 Å². The molecule has 2 heterocycles. The van der Waals surface area contributed by atoms with Crippen molar-refractivity contribution in [1.82, 2.24) is 15.2 Å². The molecule has 5 rings (SSSR count). The Morgan fingerprint density at radius 3 is 2.39 bits per heavy atom. The number of rotatable bonds is 10. The number of carboxylic acids is 1. The highest BCUT2D eigenvalue weighted by molar-refractivity contribution is 6.31. The number of nitrogens with one attached hydrogen (secondary N) is 2. The summed E-state index contributed by atoms with van der Waals surface area (Å²) in [7, 11) is 0. The molecule has 4 aromatic rings. The lowest BCUT2D eigenvalue weighted by molar-refractivity contribution is -0.137. The summed E-state index contributed by atoms with van der Waals surface area (Å²) in [6, 6.07) is 23.7. The lowest BCUT2D eigenvalue weighted by atomic mass is 10.0. The van der Waals surface area contributed by atoms with Gasteiger partial charge in [0.1, 0.15) is 0 Å². The molecule has 1 saturated heterocycles. The molecule has 1 aliphatic heterocycles. The maximum atomic E-state index is 13.5. The van der Waals surface area contributed by atoms with Crippen molar-refractivity contribution in [1.29, 1.82) is 0 Å². The minimum atomic E-state index is -1.07. The fourth-order valence-electron chi connectivity index (χ4n) is 5.42. The van der Waals surface area contributed by atoms with Crippen molar-refractivity contribution in [2.75, 3.05) is 36.4 Å². The molecule has 3 aromatic carbocycles. The van der Waals surface area contributed by atoms with Crippen LogP contribution in [0.2, 0.25) is 5.02 Å². The van der Waals surface area contributed by atoms with Crippen molar-refractivity contribution in [2.24, 2.45) is 0 Å². The molecule has 1 aromatic heterocycles. The van der Waals surface area contributed by atoms with Crippen LogP contribution in [0, 0.1) is 0 Å². The number of hydrogen-bond donors (Lipinski definition) is 3. The number of aromatic nitrogens is 1. The molecule has 1 fully saturated rings. The molecule has 0 spiro atoms. The van der Waals surface area contributed by atoms with Crippen LogP contribution in [0.15, 0.2) is 97.3 Å². The van der Waals surface area contributed by atoms with Gasteiger partial charge >= 0.3 is 5.97 Å². The number of amides is 3. The Labute approximate surface area is 272 Å². The second-order valence-corrected chi connectivity index (χ2v) is 11.4.